The number of amides is 1. The van der Waals surface area contributed by atoms with Crippen molar-refractivity contribution in [1.82, 2.24) is 4.90 Å². The summed E-state index contributed by atoms with van der Waals surface area (Å²) in [4.78, 5) is 25.1. The predicted octanol–water partition coefficient (Wildman–Crippen LogP) is 1.59. The lowest BCUT2D eigenvalue weighted by atomic mass is 10.2. The zero-order chi connectivity index (χ0) is 12.3. The van der Waals surface area contributed by atoms with Crippen molar-refractivity contribution < 1.29 is 14.7 Å². The van der Waals surface area contributed by atoms with Gasteiger partial charge >= 0.3 is 0 Å². The van der Waals surface area contributed by atoms with Crippen LogP contribution in [0, 0.1) is 0 Å². The highest BCUT2D eigenvalue weighted by molar-refractivity contribution is 5.95. The predicted molar refractivity (Wildman–Crippen MR) is 62.9 cm³/mol. The molecule has 0 saturated carbocycles. The molecule has 1 aliphatic heterocycles. The van der Waals surface area contributed by atoms with Crippen molar-refractivity contribution in [3.8, 4) is 5.75 Å². The average Bonchev–Trinajstić information content (AvgIpc) is 2.53. The maximum Gasteiger partial charge on any atom is 0.253 e. The normalized spacial score (nSPS) is 16.7. The Morgan fingerprint density at radius 2 is 2.06 bits per heavy atom. The molecule has 0 unspecified atom stereocenters. The van der Waals surface area contributed by atoms with Crippen LogP contribution in [0.1, 0.15) is 29.6 Å². The molecule has 1 aromatic rings. The number of rotatable bonds is 1. The van der Waals surface area contributed by atoms with Gasteiger partial charge in [-0.25, -0.2) is 0 Å². The third-order valence-electron chi connectivity index (χ3n) is 2.92. The van der Waals surface area contributed by atoms with Crippen LogP contribution in [0.3, 0.4) is 0 Å². The number of hydrogen-bond acceptors (Lipinski definition) is 3. The maximum atomic E-state index is 12.1. The van der Waals surface area contributed by atoms with Crippen LogP contribution in [0.15, 0.2) is 24.3 Å². The molecule has 0 aliphatic carbocycles. The Morgan fingerprint density at radius 1 is 1.24 bits per heavy atom. The van der Waals surface area contributed by atoms with Crippen molar-refractivity contribution >= 4 is 11.7 Å². The lowest BCUT2D eigenvalue weighted by Gasteiger charge is -2.19. The molecule has 1 aromatic carbocycles. The first-order chi connectivity index (χ1) is 8.16. The Bertz CT molecular complexity index is 442. The van der Waals surface area contributed by atoms with Gasteiger partial charge < -0.3 is 10.0 Å². The standard InChI is InChI=1S/C13H15NO3/c15-11-5-2-7-14(8-6-11)13(17)10-3-1-4-12(16)9-10/h1,3-4,9,16H,2,5-8H2. The molecule has 1 amide bonds. The second-order valence-corrected chi connectivity index (χ2v) is 4.23. The number of benzene rings is 1. The molecule has 0 spiro atoms. The number of carbonyl (C=O) groups is 2. The van der Waals surface area contributed by atoms with Gasteiger partial charge in [-0.2, -0.15) is 0 Å². The Morgan fingerprint density at radius 3 is 2.82 bits per heavy atom. The van der Waals surface area contributed by atoms with E-state index in [1.807, 2.05) is 0 Å². The van der Waals surface area contributed by atoms with Crippen molar-refractivity contribution in [1.29, 1.82) is 0 Å². The number of carbonyl (C=O) groups excluding carboxylic acids is 2. The molecule has 0 radical (unpaired) electrons. The maximum absolute atomic E-state index is 12.1. The Labute approximate surface area is 99.9 Å². The highest BCUT2D eigenvalue weighted by atomic mass is 16.3. The minimum absolute atomic E-state index is 0.0850. The van der Waals surface area contributed by atoms with E-state index in [4.69, 9.17) is 0 Å². The number of hydrogen-bond donors (Lipinski definition) is 1. The lowest BCUT2D eigenvalue weighted by Crippen LogP contribution is -2.31. The number of aromatic hydroxyl groups is 1. The largest absolute Gasteiger partial charge is 0.508 e. The Kier molecular flexibility index (Phi) is 3.42. The van der Waals surface area contributed by atoms with Crippen LogP contribution in [0.2, 0.25) is 0 Å². The van der Waals surface area contributed by atoms with Gasteiger partial charge in [0.05, 0.1) is 0 Å². The van der Waals surface area contributed by atoms with Gasteiger partial charge in [-0.3, -0.25) is 9.59 Å². The van der Waals surface area contributed by atoms with Gasteiger partial charge in [-0.05, 0) is 24.6 Å². The molecule has 0 aromatic heterocycles. The number of ketones is 1. The van der Waals surface area contributed by atoms with Gasteiger partial charge in [0, 0.05) is 31.5 Å². The summed E-state index contributed by atoms with van der Waals surface area (Å²) in [5, 5.41) is 9.33. The third-order valence-corrected chi connectivity index (χ3v) is 2.92. The third kappa shape index (κ3) is 2.84. The molecular weight excluding hydrogens is 218 g/mol. The van der Waals surface area contributed by atoms with Crippen molar-refractivity contribution in [2.45, 2.75) is 19.3 Å². The second kappa shape index (κ2) is 4.99. The van der Waals surface area contributed by atoms with E-state index in [2.05, 4.69) is 0 Å². The van der Waals surface area contributed by atoms with Crippen LogP contribution < -0.4 is 0 Å². The van der Waals surface area contributed by atoms with E-state index in [0.717, 1.165) is 6.42 Å². The van der Waals surface area contributed by atoms with Gasteiger partial charge in [-0.1, -0.05) is 6.07 Å². The van der Waals surface area contributed by atoms with Crippen LogP contribution >= 0.6 is 0 Å². The summed E-state index contributed by atoms with van der Waals surface area (Å²) in [5.74, 6) is 0.188. The van der Waals surface area contributed by atoms with Crippen molar-refractivity contribution in [3.63, 3.8) is 0 Å². The van der Waals surface area contributed by atoms with Crippen LogP contribution in [-0.2, 0) is 4.79 Å². The SMILES string of the molecule is O=C1CCCN(C(=O)c2cccc(O)c2)CC1. The van der Waals surface area contributed by atoms with E-state index >= 15 is 0 Å². The van der Waals surface area contributed by atoms with E-state index < -0.39 is 0 Å². The molecule has 1 aliphatic rings. The molecule has 17 heavy (non-hydrogen) atoms. The molecule has 2 rings (SSSR count). The Balaban J connectivity index is 2.11. The first-order valence-electron chi connectivity index (χ1n) is 5.77. The first kappa shape index (κ1) is 11.6. The van der Waals surface area contributed by atoms with Crippen molar-refractivity contribution in [2.24, 2.45) is 0 Å². The number of nitrogens with zero attached hydrogens (tertiary/aromatic N) is 1. The van der Waals surface area contributed by atoms with E-state index in [-0.39, 0.29) is 17.4 Å². The molecule has 0 bridgehead atoms. The van der Waals surface area contributed by atoms with Crippen LogP contribution in [0.4, 0.5) is 0 Å². The summed E-state index contributed by atoms with van der Waals surface area (Å²) in [6.07, 6.45) is 1.72. The number of phenolic OH excluding ortho intramolecular Hbond substituents is 1. The molecule has 90 valence electrons. The molecule has 1 fully saturated rings. The van der Waals surface area contributed by atoms with E-state index in [9.17, 15) is 14.7 Å². The van der Waals surface area contributed by atoms with E-state index in [1.165, 1.54) is 12.1 Å². The van der Waals surface area contributed by atoms with Crippen LogP contribution in [0.25, 0.3) is 0 Å². The summed E-state index contributed by atoms with van der Waals surface area (Å²) < 4.78 is 0. The molecule has 0 atom stereocenters. The smallest absolute Gasteiger partial charge is 0.253 e. The number of Topliss-reactive ketones (excluding diaryl/α,β-unsaturated/α-hetero) is 1. The van der Waals surface area contributed by atoms with Crippen LogP contribution in [0.5, 0.6) is 5.75 Å². The van der Waals surface area contributed by atoms with Crippen LogP contribution in [-0.4, -0.2) is 34.8 Å². The van der Waals surface area contributed by atoms with Gasteiger partial charge in [0.1, 0.15) is 11.5 Å². The van der Waals surface area contributed by atoms with Gasteiger partial charge in [0.25, 0.3) is 5.91 Å². The van der Waals surface area contributed by atoms with Gasteiger partial charge in [0.15, 0.2) is 0 Å². The lowest BCUT2D eigenvalue weighted by molar-refractivity contribution is -0.118. The monoisotopic (exact) mass is 233 g/mol. The average molecular weight is 233 g/mol. The number of likely N-dealkylation sites (tertiary alicyclic amines) is 1. The molecule has 1 N–H and O–H groups in total. The zero-order valence-electron chi connectivity index (χ0n) is 9.56. The molecule has 4 heteroatoms. The quantitative estimate of drug-likeness (QED) is 0.801. The van der Waals surface area contributed by atoms with Crippen molar-refractivity contribution in [3.05, 3.63) is 29.8 Å². The molecule has 4 nitrogen and oxygen atoms in total. The summed E-state index contributed by atoms with van der Waals surface area (Å²) in [6.45, 7) is 1.09. The minimum atomic E-state index is -0.115. The highest BCUT2D eigenvalue weighted by Crippen LogP contribution is 2.15. The second-order valence-electron chi connectivity index (χ2n) is 4.23. The molecular formula is C13H15NO3. The van der Waals surface area contributed by atoms with Gasteiger partial charge in [-0.15, -0.1) is 0 Å². The first-order valence-corrected chi connectivity index (χ1v) is 5.77. The summed E-state index contributed by atoms with van der Waals surface area (Å²) in [6, 6.07) is 6.30. The minimum Gasteiger partial charge on any atom is -0.508 e. The van der Waals surface area contributed by atoms with E-state index in [0.29, 0.717) is 31.5 Å². The van der Waals surface area contributed by atoms with E-state index in [1.54, 1.807) is 17.0 Å². The molecule has 1 saturated heterocycles. The topological polar surface area (TPSA) is 57.6 Å². The Hall–Kier alpha value is -1.84. The summed E-state index contributed by atoms with van der Waals surface area (Å²) in [7, 11) is 0. The zero-order valence-corrected chi connectivity index (χ0v) is 9.56. The molecule has 1 heterocycles. The number of phenols is 1. The summed E-state index contributed by atoms with van der Waals surface area (Å²) >= 11 is 0. The van der Waals surface area contributed by atoms with Crippen molar-refractivity contribution in [2.75, 3.05) is 13.1 Å². The highest BCUT2D eigenvalue weighted by Gasteiger charge is 2.19. The fourth-order valence-electron chi connectivity index (χ4n) is 1.99. The fraction of sp³-hybridized carbons (Fsp3) is 0.385. The summed E-state index contributed by atoms with van der Waals surface area (Å²) in [5.41, 5.74) is 0.472. The fourth-order valence-corrected chi connectivity index (χ4v) is 1.99. The van der Waals surface area contributed by atoms with Gasteiger partial charge in [0.2, 0.25) is 0 Å².